The number of likely N-dealkylation sites (tertiary alicyclic amines) is 1. The smallest absolute Gasteiger partial charge is 0.305 e. The molecule has 1 aromatic rings. The molecule has 0 unspecified atom stereocenters. The van der Waals surface area contributed by atoms with Crippen LogP contribution in [0.5, 0.6) is 0 Å². The Bertz CT molecular complexity index is 639. The molecule has 9 nitrogen and oxygen atoms in total. The first-order chi connectivity index (χ1) is 13.0. The summed E-state index contributed by atoms with van der Waals surface area (Å²) in [7, 11) is 1.70. The van der Waals surface area contributed by atoms with Crippen LogP contribution in [0.3, 0.4) is 0 Å². The van der Waals surface area contributed by atoms with Gasteiger partial charge < -0.3 is 24.8 Å². The summed E-state index contributed by atoms with van der Waals surface area (Å²) >= 11 is 0. The molecule has 2 rings (SSSR count). The Hall–Kier alpha value is -2.52. The molecule has 9 heteroatoms. The van der Waals surface area contributed by atoms with Gasteiger partial charge >= 0.3 is 5.97 Å². The average molecular weight is 379 g/mol. The van der Waals surface area contributed by atoms with Crippen LogP contribution in [-0.2, 0) is 23.9 Å². The number of amides is 2. The van der Waals surface area contributed by atoms with Crippen molar-refractivity contribution in [2.45, 2.75) is 18.9 Å². The van der Waals surface area contributed by atoms with Crippen LogP contribution in [0.2, 0.25) is 0 Å². The van der Waals surface area contributed by atoms with Gasteiger partial charge in [-0.15, -0.1) is 0 Å². The number of aromatic nitrogens is 1. The summed E-state index contributed by atoms with van der Waals surface area (Å²) < 4.78 is 10.4. The fourth-order valence-corrected chi connectivity index (χ4v) is 2.97. The highest BCUT2D eigenvalue weighted by atomic mass is 16.5. The van der Waals surface area contributed by atoms with Crippen LogP contribution >= 0.6 is 0 Å². The molecule has 0 bridgehead atoms. The minimum atomic E-state index is -0.903. The van der Waals surface area contributed by atoms with Crippen LogP contribution in [0, 0.1) is 5.92 Å². The van der Waals surface area contributed by atoms with Crippen LogP contribution in [0.1, 0.15) is 24.4 Å². The normalized spacial score (nSPS) is 19.3. The Morgan fingerprint density at radius 2 is 2.04 bits per heavy atom. The maximum absolute atomic E-state index is 12.5. The number of nitrogens with one attached hydrogen (secondary N) is 1. The fraction of sp³-hybridized carbons (Fsp3) is 0.556. The van der Waals surface area contributed by atoms with E-state index in [1.54, 1.807) is 30.4 Å². The zero-order chi connectivity index (χ0) is 19.6. The predicted molar refractivity (Wildman–Crippen MR) is 94.8 cm³/mol. The van der Waals surface area contributed by atoms with Crippen molar-refractivity contribution in [1.82, 2.24) is 15.2 Å². The summed E-state index contributed by atoms with van der Waals surface area (Å²) in [6.45, 7) is 1.39. The van der Waals surface area contributed by atoms with Crippen LogP contribution in [0.25, 0.3) is 0 Å². The second-order valence-corrected chi connectivity index (χ2v) is 6.21. The molecule has 0 saturated carbocycles. The third kappa shape index (κ3) is 6.30. The number of hydrogen-bond donors (Lipinski definition) is 2. The van der Waals surface area contributed by atoms with E-state index in [4.69, 9.17) is 14.6 Å². The molecule has 0 aromatic carbocycles. The monoisotopic (exact) mass is 379 g/mol. The number of carbonyl (C=O) groups excluding carboxylic acids is 2. The summed E-state index contributed by atoms with van der Waals surface area (Å²) in [5, 5.41) is 11.3. The Labute approximate surface area is 157 Å². The van der Waals surface area contributed by atoms with E-state index in [9.17, 15) is 14.4 Å². The van der Waals surface area contributed by atoms with Gasteiger partial charge in [0.05, 0.1) is 44.8 Å². The highest BCUT2D eigenvalue weighted by molar-refractivity contribution is 5.90. The summed E-state index contributed by atoms with van der Waals surface area (Å²) in [4.78, 5) is 40.6. The number of ether oxygens (including phenoxy) is 2. The molecule has 2 heterocycles. The molecule has 1 fully saturated rings. The van der Waals surface area contributed by atoms with Crippen molar-refractivity contribution < 1.29 is 29.0 Å². The molecule has 1 aliphatic rings. The van der Waals surface area contributed by atoms with Crippen molar-refractivity contribution in [1.29, 1.82) is 0 Å². The molecule has 0 radical (unpaired) electrons. The van der Waals surface area contributed by atoms with E-state index in [-0.39, 0.29) is 37.3 Å². The second-order valence-electron chi connectivity index (χ2n) is 6.21. The van der Waals surface area contributed by atoms with Gasteiger partial charge in [-0.05, 0) is 11.6 Å². The van der Waals surface area contributed by atoms with E-state index in [1.807, 2.05) is 6.07 Å². The average Bonchev–Trinajstić information content (AvgIpc) is 2.95. The molecule has 1 aliphatic heterocycles. The third-order valence-electron chi connectivity index (χ3n) is 4.33. The van der Waals surface area contributed by atoms with E-state index in [0.717, 1.165) is 5.56 Å². The van der Waals surface area contributed by atoms with Crippen LogP contribution in [0.4, 0.5) is 0 Å². The number of carboxylic acid groups (broad SMARTS) is 1. The molecule has 1 aromatic heterocycles. The molecular weight excluding hydrogens is 354 g/mol. The number of carbonyl (C=O) groups is 3. The maximum atomic E-state index is 12.5. The zero-order valence-corrected chi connectivity index (χ0v) is 15.3. The van der Waals surface area contributed by atoms with Crippen molar-refractivity contribution in [3.05, 3.63) is 30.1 Å². The summed E-state index contributed by atoms with van der Waals surface area (Å²) in [5.74, 6) is -1.63. The summed E-state index contributed by atoms with van der Waals surface area (Å²) in [5.41, 5.74) is 0.834. The highest BCUT2D eigenvalue weighted by Gasteiger charge is 2.42. The van der Waals surface area contributed by atoms with Gasteiger partial charge in [-0.2, -0.15) is 0 Å². The lowest BCUT2D eigenvalue weighted by atomic mass is 9.94. The van der Waals surface area contributed by atoms with E-state index < -0.39 is 11.9 Å². The first-order valence-electron chi connectivity index (χ1n) is 8.81. The second kappa shape index (κ2) is 10.6. The molecular formula is C18H25N3O6. The van der Waals surface area contributed by atoms with Gasteiger partial charge in [-0.25, -0.2) is 0 Å². The van der Waals surface area contributed by atoms with Gasteiger partial charge in [0.25, 0.3) is 0 Å². The van der Waals surface area contributed by atoms with Crippen LogP contribution in [-0.4, -0.2) is 72.8 Å². The number of carboxylic acids is 1. The van der Waals surface area contributed by atoms with Gasteiger partial charge in [0.2, 0.25) is 11.8 Å². The Morgan fingerprint density at radius 3 is 2.70 bits per heavy atom. The minimum absolute atomic E-state index is 0.0390. The van der Waals surface area contributed by atoms with Gasteiger partial charge in [0.1, 0.15) is 0 Å². The van der Waals surface area contributed by atoms with Crippen LogP contribution in [0.15, 0.2) is 24.5 Å². The van der Waals surface area contributed by atoms with Gasteiger partial charge in [-0.1, -0.05) is 6.07 Å². The summed E-state index contributed by atoms with van der Waals surface area (Å²) in [6, 6.07) is 3.32. The number of pyridine rings is 1. The van der Waals surface area contributed by atoms with E-state index in [0.29, 0.717) is 26.4 Å². The number of nitrogens with zero attached hydrogens (tertiary/aromatic N) is 2. The first-order valence-corrected chi connectivity index (χ1v) is 8.81. The SMILES string of the molecule is CN1C(=O)C[C@H](C(=O)NCCOCCOCCC(=O)O)[C@H]1c1cccnc1. The largest absolute Gasteiger partial charge is 0.481 e. The van der Waals surface area contributed by atoms with Crippen LogP contribution < -0.4 is 5.32 Å². The number of aliphatic carboxylic acids is 1. The molecule has 2 N–H and O–H groups in total. The van der Waals surface area contributed by atoms with E-state index >= 15 is 0 Å². The lowest BCUT2D eigenvalue weighted by molar-refractivity contribution is -0.138. The van der Waals surface area contributed by atoms with Gasteiger partial charge in [0.15, 0.2) is 0 Å². The molecule has 1 saturated heterocycles. The first kappa shape index (κ1) is 20.8. The standard InChI is InChI=1S/C18H25N3O6/c1-21-15(22)11-14(17(21)13-3-2-5-19-12-13)18(25)20-6-8-27-10-9-26-7-4-16(23)24/h2-3,5,12,14,17H,4,6-11H2,1H3,(H,20,25)(H,23,24)/t14-,17+/m0/s1. The lowest BCUT2D eigenvalue weighted by Gasteiger charge is -2.24. The Morgan fingerprint density at radius 1 is 1.30 bits per heavy atom. The van der Waals surface area contributed by atoms with Crippen molar-refractivity contribution in [2.24, 2.45) is 5.92 Å². The third-order valence-corrected chi connectivity index (χ3v) is 4.33. The number of rotatable bonds is 11. The van der Waals surface area contributed by atoms with E-state index in [1.165, 1.54) is 0 Å². The van der Waals surface area contributed by atoms with Crippen molar-refractivity contribution >= 4 is 17.8 Å². The molecule has 0 aliphatic carbocycles. The Balaban J connectivity index is 1.70. The fourth-order valence-electron chi connectivity index (χ4n) is 2.97. The molecule has 148 valence electrons. The quantitative estimate of drug-likeness (QED) is 0.528. The molecule has 2 atom stereocenters. The minimum Gasteiger partial charge on any atom is -0.481 e. The zero-order valence-electron chi connectivity index (χ0n) is 15.3. The Kier molecular flexibility index (Phi) is 8.15. The lowest BCUT2D eigenvalue weighted by Crippen LogP contribution is -2.36. The highest BCUT2D eigenvalue weighted by Crippen LogP contribution is 2.36. The van der Waals surface area contributed by atoms with Crippen molar-refractivity contribution in [3.63, 3.8) is 0 Å². The number of hydrogen-bond acceptors (Lipinski definition) is 6. The van der Waals surface area contributed by atoms with Crippen molar-refractivity contribution in [3.8, 4) is 0 Å². The molecule has 0 spiro atoms. The van der Waals surface area contributed by atoms with Gasteiger partial charge in [0, 0.05) is 32.4 Å². The summed E-state index contributed by atoms with van der Waals surface area (Å²) in [6.07, 6.45) is 3.45. The molecule has 2 amide bonds. The van der Waals surface area contributed by atoms with Gasteiger partial charge in [-0.3, -0.25) is 19.4 Å². The van der Waals surface area contributed by atoms with E-state index in [2.05, 4.69) is 10.3 Å². The van der Waals surface area contributed by atoms with Crippen molar-refractivity contribution in [2.75, 3.05) is 40.0 Å². The molecule has 27 heavy (non-hydrogen) atoms. The predicted octanol–water partition coefficient (Wildman–Crippen LogP) is 0.225. The maximum Gasteiger partial charge on any atom is 0.305 e. The topological polar surface area (TPSA) is 118 Å².